The summed E-state index contributed by atoms with van der Waals surface area (Å²) in [6.45, 7) is 1.77. The molecule has 0 saturated carbocycles. The number of anilines is 1. The summed E-state index contributed by atoms with van der Waals surface area (Å²) >= 11 is 5.70. The summed E-state index contributed by atoms with van der Waals surface area (Å²) in [6, 6.07) is 8.60. The van der Waals surface area contributed by atoms with Gasteiger partial charge in [0.05, 0.1) is 16.8 Å². The van der Waals surface area contributed by atoms with Gasteiger partial charge in [0.1, 0.15) is 11.5 Å². The van der Waals surface area contributed by atoms with Crippen molar-refractivity contribution in [1.29, 1.82) is 0 Å². The van der Waals surface area contributed by atoms with Crippen molar-refractivity contribution in [1.82, 2.24) is 0 Å². The summed E-state index contributed by atoms with van der Waals surface area (Å²) in [5.74, 6) is -0.612. The first-order valence-electron chi connectivity index (χ1n) is 5.71. The number of hydrogen-bond donors (Lipinski definition) is 3. The van der Waals surface area contributed by atoms with Gasteiger partial charge in [-0.2, -0.15) is 0 Å². The Bertz CT molecular complexity index is 604. The lowest BCUT2D eigenvalue weighted by atomic mass is 10.1. The zero-order chi connectivity index (χ0) is 14.0. The fourth-order valence-electron chi connectivity index (χ4n) is 1.82. The molecule has 100 valence electrons. The second-order valence-corrected chi connectivity index (χ2v) is 4.62. The van der Waals surface area contributed by atoms with E-state index >= 15 is 0 Å². The molecular formula is C14H13ClFNO2. The molecule has 0 aliphatic carbocycles. The average Bonchev–Trinajstić information content (AvgIpc) is 2.34. The normalized spacial score (nSPS) is 12.2. The van der Waals surface area contributed by atoms with Crippen molar-refractivity contribution in [2.45, 2.75) is 13.0 Å². The van der Waals surface area contributed by atoms with E-state index in [2.05, 4.69) is 5.32 Å². The smallest absolute Gasteiger partial charge is 0.164 e. The second-order valence-electron chi connectivity index (χ2n) is 4.21. The van der Waals surface area contributed by atoms with Gasteiger partial charge in [0, 0.05) is 11.6 Å². The first-order valence-corrected chi connectivity index (χ1v) is 6.09. The van der Waals surface area contributed by atoms with Crippen molar-refractivity contribution in [3.63, 3.8) is 0 Å². The molecule has 0 bridgehead atoms. The summed E-state index contributed by atoms with van der Waals surface area (Å²) in [6.07, 6.45) is 0. The Balaban J connectivity index is 2.25. The predicted molar refractivity (Wildman–Crippen MR) is 73.2 cm³/mol. The van der Waals surface area contributed by atoms with Crippen LogP contribution in [0.25, 0.3) is 0 Å². The number of benzene rings is 2. The van der Waals surface area contributed by atoms with E-state index in [1.54, 1.807) is 25.1 Å². The number of hydrogen-bond acceptors (Lipinski definition) is 3. The Morgan fingerprint density at radius 1 is 1.21 bits per heavy atom. The van der Waals surface area contributed by atoms with Gasteiger partial charge >= 0.3 is 0 Å². The Morgan fingerprint density at radius 2 is 1.95 bits per heavy atom. The van der Waals surface area contributed by atoms with Crippen molar-refractivity contribution < 1.29 is 14.6 Å². The number of aromatic hydroxyl groups is 2. The van der Waals surface area contributed by atoms with E-state index in [-0.39, 0.29) is 28.3 Å². The minimum absolute atomic E-state index is 0.0256. The van der Waals surface area contributed by atoms with E-state index in [1.807, 2.05) is 0 Å². The minimum Gasteiger partial charge on any atom is -0.508 e. The number of phenolic OH excluding ortho intramolecular Hbond substituents is 2. The van der Waals surface area contributed by atoms with Crippen LogP contribution in [-0.4, -0.2) is 10.2 Å². The van der Waals surface area contributed by atoms with Crippen molar-refractivity contribution >= 4 is 17.3 Å². The molecule has 0 aliphatic heterocycles. The van der Waals surface area contributed by atoms with Crippen molar-refractivity contribution in [2.24, 2.45) is 0 Å². The fourth-order valence-corrected chi connectivity index (χ4v) is 2.00. The van der Waals surface area contributed by atoms with Crippen LogP contribution >= 0.6 is 11.6 Å². The highest BCUT2D eigenvalue weighted by atomic mass is 35.5. The lowest BCUT2D eigenvalue weighted by molar-refractivity contribution is 0.444. The van der Waals surface area contributed by atoms with Crippen LogP contribution in [0.3, 0.4) is 0 Å². The third-order valence-electron chi connectivity index (χ3n) is 2.80. The molecule has 0 saturated heterocycles. The molecular weight excluding hydrogens is 269 g/mol. The largest absolute Gasteiger partial charge is 0.508 e. The van der Waals surface area contributed by atoms with Crippen molar-refractivity contribution in [3.05, 3.63) is 52.8 Å². The Kier molecular flexibility index (Phi) is 3.81. The molecule has 0 heterocycles. The summed E-state index contributed by atoms with van der Waals surface area (Å²) in [4.78, 5) is 0. The molecule has 5 heteroatoms. The van der Waals surface area contributed by atoms with Gasteiger partial charge in [-0.1, -0.05) is 17.7 Å². The Hall–Kier alpha value is -1.94. The zero-order valence-corrected chi connectivity index (χ0v) is 10.9. The van der Waals surface area contributed by atoms with Crippen molar-refractivity contribution in [2.75, 3.05) is 5.32 Å². The maximum atomic E-state index is 13.7. The maximum Gasteiger partial charge on any atom is 0.164 e. The van der Waals surface area contributed by atoms with Crippen LogP contribution in [0, 0.1) is 5.82 Å². The molecule has 0 radical (unpaired) electrons. The Morgan fingerprint density at radius 3 is 2.63 bits per heavy atom. The van der Waals surface area contributed by atoms with Gasteiger partial charge in [0.25, 0.3) is 0 Å². The topological polar surface area (TPSA) is 52.5 Å². The summed E-state index contributed by atoms with van der Waals surface area (Å²) < 4.78 is 13.7. The van der Waals surface area contributed by atoms with E-state index in [0.29, 0.717) is 5.56 Å². The fraction of sp³-hybridized carbons (Fsp3) is 0.143. The molecule has 3 N–H and O–H groups in total. The highest BCUT2D eigenvalue weighted by Gasteiger charge is 2.13. The molecule has 0 aromatic heterocycles. The lowest BCUT2D eigenvalue weighted by Gasteiger charge is -2.17. The summed E-state index contributed by atoms with van der Waals surface area (Å²) in [5.41, 5.74) is 0.810. The van der Waals surface area contributed by atoms with Crippen LogP contribution in [-0.2, 0) is 0 Å². The van der Waals surface area contributed by atoms with Crippen LogP contribution in [0.4, 0.5) is 10.1 Å². The molecule has 19 heavy (non-hydrogen) atoms. The highest BCUT2D eigenvalue weighted by Crippen LogP contribution is 2.31. The predicted octanol–water partition coefficient (Wildman–Crippen LogP) is 4.06. The maximum absolute atomic E-state index is 13.7. The molecule has 0 spiro atoms. The SMILES string of the molecule is CC(Nc1cccc(Cl)c1F)c1ccc(O)cc1O. The molecule has 1 atom stereocenters. The quantitative estimate of drug-likeness (QED) is 0.795. The Labute approximate surface area is 115 Å². The van der Waals surface area contributed by atoms with E-state index < -0.39 is 5.82 Å². The zero-order valence-electron chi connectivity index (χ0n) is 10.2. The first kappa shape index (κ1) is 13.5. The highest BCUT2D eigenvalue weighted by molar-refractivity contribution is 6.31. The molecule has 2 rings (SSSR count). The van der Waals surface area contributed by atoms with Crippen molar-refractivity contribution in [3.8, 4) is 11.5 Å². The lowest BCUT2D eigenvalue weighted by Crippen LogP contribution is -2.08. The van der Waals surface area contributed by atoms with E-state index in [0.717, 1.165) is 0 Å². The summed E-state index contributed by atoms with van der Waals surface area (Å²) in [5, 5.41) is 21.9. The van der Waals surface area contributed by atoms with E-state index in [4.69, 9.17) is 11.6 Å². The minimum atomic E-state index is -0.533. The van der Waals surface area contributed by atoms with E-state index in [9.17, 15) is 14.6 Å². The van der Waals surface area contributed by atoms with Crippen LogP contribution in [0.2, 0.25) is 5.02 Å². The summed E-state index contributed by atoms with van der Waals surface area (Å²) in [7, 11) is 0. The number of rotatable bonds is 3. The van der Waals surface area contributed by atoms with Gasteiger partial charge in [-0.05, 0) is 31.2 Å². The molecule has 2 aromatic rings. The molecule has 0 amide bonds. The van der Waals surface area contributed by atoms with Gasteiger partial charge in [0.15, 0.2) is 5.82 Å². The third-order valence-corrected chi connectivity index (χ3v) is 3.10. The van der Waals surface area contributed by atoms with Crippen LogP contribution in [0.1, 0.15) is 18.5 Å². The standard InChI is InChI=1S/C14H13ClFNO2/c1-8(10-6-5-9(18)7-13(10)19)17-12-4-2-3-11(15)14(12)16/h2-8,17-19H,1H3. The van der Waals surface area contributed by atoms with Gasteiger partial charge < -0.3 is 15.5 Å². The third kappa shape index (κ3) is 2.90. The van der Waals surface area contributed by atoms with Crippen LogP contribution in [0.5, 0.6) is 11.5 Å². The molecule has 2 aromatic carbocycles. The number of halogens is 2. The van der Waals surface area contributed by atoms with Gasteiger partial charge in [-0.3, -0.25) is 0 Å². The second kappa shape index (κ2) is 5.36. The van der Waals surface area contributed by atoms with Crippen LogP contribution in [0.15, 0.2) is 36.4 Å². The number of phenols is 2. The number of nitrogens with one attached hydrogen (secondary N) is 1. The van der Waals surface area contributed by atoms with Gasteiger partial charge in [-0.15, -0.1) is 0 Å². The van der Waals surface area contributed by atoms with Crippen LogP contribution < -0.4 is 5.32 Å². The van der Waals surface area contributed by atoms with Gasteiger partial charge in [0.2, 0.25) is 0 Å². The molecule has 1 unspecified atom stereocenters. The van der Waals surface area contributed by atoms with E-state index in [1.165, 1.54) is 18.2 Å². The molecule has 0 aliphatic rings. The molecule has 0 fully saturated rings. The average molecular weight is 282 g/mol. The monoisotopic (exact) mass is 281 g/mol. The first-order chi connectivity index (χ1) is 8.99. The van der Waals surface area contributed by atoms with Gasteiger partial charge in [-0.25, -0.2) is 4.39 Å². The molecule has 3 nitrogen and oxygen atoms in total.